The van der Waals surface area contributed by atoms with E-state index in [-0.39, 0.29) is 18.4 Å². The van der Waals surface area contributed by atoms with Gasteiger partial charge >= 0.3 is 6.03 Å². The van der Waals surface area contributed by atoms with Crippen molar-refractivity contribution in [2.24, 2.45) is 0 Å². The number of hydrogen-bond acceptors (Lipinski definition) is 5. The van der Waals surface area contributed by atoms with Crippen molar-refractivity contribution in [3.63, 3.8) is 0 Å². The Morgan fingerprint density at radius 2 is 1.90 bits per heavy atom. The van der Waals surface area contributed by atoms with Crippen LogP contribution in [0.5, 0.6) is 5.75 Å². The normalized spacial score (nSPS) is 10.3. The van der Waals surface area contributed by atoms with Crippen LogP contribution >= 0.6 is 11.3 Å². The molecule has 1 aromatic heterocycles. The number of carbonyl (C=O) groups is 2. The first kappa shape index (κ1) is 21.3. The van der Waals surface area contributed by atoms with Crippen molar-refractivity contribution in [3.8, 4) is 5.75 Å². The predicted octanol–water partition coefficient (Wildman–Crippen LogP) is 4.01. The SMILES string of the molecule is COc1ccc(CCNC(=O)Cc2csc(NC(=O)Nc3cccc(C)c3)n2)cc1. The van der Waals surface area contributed by atoms with Crippen LogP contribution in [0.2, 0.25) is 0 Å². The number of thiazole rings is 1. The summed E-state index contributed by atoms with van der Waals surface area (Å²) in [4.78, 5) is 28.5. The highest BCUT2D eigenvalue weighted by Gasteiger charge is 2.10. The summed E-state index contributed by atoms with van der Waals surface area (Å²) in [5.41, 5.74) is 3.51. The molecule has 0 atom stereocenters. The Kier molecular flexibility index (Phi) is 7.40. The minimum atomic E-state index is -0.370. The molecule has 0 bridgehead atoms. The van der Waals surface area contributed by atoms with Gasteiger partial charge in [0.1, 0.15) is 5.75 Å². The van der Waals surface area contributed by atoms with E-state index in [0.29, 0.717) is 23.1 Å². The van der Waals surface area contributed by atoms with Gasteiger partial charge in [-0.15, -0.1) is 11.3 Å². The number of nitrogens with zero attached hydrogens (tertiary/aromatic N) is 1. The van der Waals surface area contributed by atoms with Gasteiger partial charge in [0.15, 0.2) is 5.13 Å². The molecule has 0 radical (unpaired) electrons. The molecule has 0 unspecified atom stereocenters. The van der Waals surface area contributed by atoms with Gasteiger partial charge in [-0.3, -0.25) is 10.1 Å². The van der Waals surface area contributed by atoms with Crippen LogP contribution < -0.4 is 20.7 Å². The third-order valence-corrected chi connectivity index (χ3v) is 5.09. The summed E-state index contributed by atoms with van der Waals surface area (Å²) in [5.74, 6) is 0.702. The Morgan fingerprint density at radius 3 is 2.63 bits per heavy atom. The first-order valence-electron chi connectivity index (χ1n) is 9.50. The molecule has 30 heavy (non-hydrogen) atoms. The molecule has 0 fully saturated rings. The molecule has 3 rings (SSSR count). The number of nitrogens with one attached hydrogen (secondary N) is 3. The predicted molar refractivity (Wildman–Crippen MR) is 119 cm³/mol. The van der Waals surface area contributed by atoms with Crippen LogP contribution in [0.3, 0.4) is 0 Å². The average Bonchev–Trinajstić information content (AvgIpc) is 3.15. The zero-order valence-corrected chi connectivity index (χ0v) is 17.7. The van der Waals surface area contributed by atoms with Crippen LogP contribution in [-0.2, 0) is 17.6 Å². The molecular weight excluding hydrogens is 400 g/mol. The average molecular weight is 425 g/mol. The maximum Gasteiger partial charge on any atom is 0.325 e. The first-order valence-corrected chi connectivity index (χ1v) is 10.4. The number of methoxy groups -OCH3 is 1. The Balaban J connectivity index is 1.41. The lowest BCUT2D eigenvalue weighted by molar-refractivity contribution is -0.120. The van der Waals surface area contributed by atoms with E-state index in [1.807, 2.05) is 55.5 Å². The standard InChI is InChI=1S/C22H24N4O3S/c1-15-4-3-5-17(12-15)24-21(28)26-22-25-18(14-30-22)13-20(27)23-11-10-16-6-8-19(29-2)9-7-16/h3-9,12,14H,10-11,13H2,1-2H3,(H,23,27)(H2,24,25,26,28). The Labute approximate surface area is 179 Å². The molecule has 0 saturated heterocycles. The molecule has 3 amide bonds. The molecule has 0 aliphatic heterocycles. The number of amides is 3. The molecule has 3 N–H and O–H groups in total. The Bertz CT molecular complexity index is 1000. The van der Waals surface area contributed by atoms with Crippen LogP contribution in [0.1, 0.15) is 16.8 Å². The molecule has 8 heteroatoms. The van der Waals surface area contributed by atoms with E-state index in [4.69, 9.17) is 4.74 Å². The van der Waals surface area contributed by atoms with Gasteiger partial charge in [-0.05, 0) is 48.7 Å². The molecule has 156 valence electrons. The van der Waals surface area contributed by atoms with Gasteiger partial charge in [0, 0.05) is 17.6 Å². The van der Waals surface area contributed by atoms with Gasteiger partial charge in [0.2, 0.25) is 5.91 Å². The van der Waals surface area contributed by atoms with Gasteiger partial charge in [0.05, 0.1) is 19.2 Å². The largest absolute Gasteiger partial charge is 0.497 e. The van der Waals surface area contributed by atoms with E-state index in [1.54, 1.807) is 12.5 Å². The third-order valence-electron chi connectivity index (χ3n) is 4.28. The fourth-order valence-corrected chi connectivity index (χ4v) is 3.50. The molecule has 0 aliphatic rings. The third kappa shape index (κ3) is 6.59. The molecule has 0 saturated carbocycles. The Morgan fingerprint density at radius 1 is 1.10 bits per heavy atom. The Hall–Kier alpha value is -3.39. The lowest BCUT2D eigenvalue weighted by atomic mass is 10.1. The van der Waals surface area contributed by atoms with Crippen molar-refractivity contribution in [2.75, 3.05) is 24.3 Å². The summed E-state index contributed by atoms with van der Waals surface area (Å²) in [6, 6.07) is 14.9. The lowest BCUT2D eigenvalue weighted by Gasteiger charge is -2.06. The van der Waals surface area contributed by atoms with E-state index in [1.165, 1.54) is 11.3 Å². The zero-order chi connectivity index (χ0) is 21.3. The molecule has 2 aromatic carbocycles. The van der Waals surface area contributed by atoms with Crippen LogP contribution in [0, 0.1) is 6.92 Å². The van der Waals surface area contributed by atoms with Gasteiger partial charge in [-0.1, -0.05) is 24.3 Å². The van der Waals surface area contributed by atoms with Crippen molar-refractivity contribution >= 4 is 34.1 Å². The molecule has 0 spiro atoms. The number of hydrogen-bond donors (Lipinski definition) is 3. The first-order chi connectivity index (χ1) is 14.5. The van der Waals surface area contributed by atoms with Gasteiger partial charge in [-0.25, -0.2) is 9.78 Å². The summed E-state index contributed by atoms with van der Waals surface area (Å²) in [7, 11) is 1.63. The minimum Gasteiger partial charge on any atom is -0.497 e. The number of rotatable bonds is 8. The molecular formula is C22H24N4O3S. The fourth-order valence-electron chi connectivity index (χ4n) is 2.79. The number of anilines is 2. The van der Waals surface area contributed by atoms with Crippen molar-refractivity contribution in [3.05, 3.63) is 70.7 Å². The zero-order valence-electron chi connectivity index (χ0n) is 16.9. The quantitative estimate of drug-likeness (QED) is 0.510. The second-order valence-corrected chi connectivity index (χ2v) is 7.58. The van der Waals surface area contributed by atoms with E-state index < -0.39 is 0 Å². The molecule has 7 nitrogen and oxygen atoms in total. The molecule has 3 aromatic rings. The van der Waals surface area contributed by atoms with Crippen molar-refractivity contribution in [2.45, 2.75) is 19.8 Å². The number of carbonyl (C=O) groups excluding carboxylic acids is 2. The monoisotopic (exact) mass is 424 g/mol. The summed E-state index contributed by atoms with van der Waals surface area (Å²) < 4.78 is 5.13. The topological polar surface area (TPSA) is 92.4 Å². The maximum absolute atomic E-state index is 12.1. The minimum absolute atomic E-state index is 0.107. The number of aryl methyl sites for hydroxylation is 1. The van der Waals surface area contributed by atoms with E-state index >= 15 is 0 Å². The lowest BCUT2D eigenvalue weighted by Crippen LogP contribution is -2.27. The van der Waals surface area contributed by atoms with Gasteiger partial charge < -0.3 is 15.4 Å². The highest BCUT2D eigenvalue weighted by molar-refractivity contribution is 7.14. The fraction of sp³-hybridized carbons (Fsp3) is 0.227. The van der Waals surface area contributed by atoms with Crippen molar-refractivity contribution in [1.29, 1.82) is 0 Å². The highest BCUT2D eigenvalue weighted by atomic mass is 32.1. The number of urea groups is 1. The maximum atomic E-state index is 12.1. The van der Waals surface area contributed by atoms with Crippen LogP contribution in [0.15, 0.2) is 53.9 Å². The van der Waals surface area contributed by atoms with Gasteiger partial charge in [0.25, 0.3) is 0 Å². The summed E-state index contributed by atoms with van der Waals surface area (Å²) in [5, 5.41) is 10.6. The second-order valence-electron chi connectivity index (χ2n) is 6.72. The van der Waals surface area contributed by atoms with Gasteiger partial charge in [-0.2, -0.15) is 0 Å². The highest BCUT2D eigenvalue weighted by Crippen LogP contribution is 2.17. The van der Waals surface area contributed by atoms with Crippen LogP contribution in [-0.4, -0.2) is 30.6 Å². The van der Waals surface area contributed by atoms with E-state index in [2.05, 4.69) is 20.9 Å². The number of ether oxygens (including phenoxy) is 1. The molecule has 1 heterocycles. The van der Waals surface area contributed by atoms with Crippen LogP contribution in [0.25, 0.3) is 0 Å². The van der Waals surface area contributed by atoms with Crippen molar-refractivity contribution in [1.82, 2.24) is 10.3 Å². The molecule has 0 aliphatic carbocycles. The summed E-state index contributed by atoms with van der Waals surface area (Å²) in [6.45, 7) is 2.50. The van der Waals surface area contributed by atoms with Crippen molar-refractivity contribution < 1.29 is 14.3 Å². The van der Waals surface area contributed by atoms with Crippen LogP contribution in [0.4, 0.5) is 15.6 Å². The van der Waals surface area contributed by atoms with E-state index in [0.717, 1.165) is 23.3 Å². The smallest absolute Gasteiger partial charge is 0.325 e. The summed E-state index contributed by atoms with van der Waals surface area (Å²) >= 11 is 1.28. The number of aromatic nitrogens is 1. The summed E-state index contributed by atoms with van der Waals surface area (Å²) in [6.07, 6.45) is 0.902. The second kappa shape index (κ2) is 10.4. The van der Waals surface area contributed by atoms with E-state index in [9.17, 15) is 9.59 Å². The number of benzene rings is 2.